The molecule has 0 aliphatic carbocycles. The number of nitrogens with one attached hydrogen (secondary N) is 1. The normalized spacial score (nSPS) is 9.89. The van der Waals surface area contributed by atoms with Gasteiger partial charge >= 0.3 is 0 Å². The van der Waals surface area contributed by atoms with Crippen LogP contribution in [0.1, 0.15) is 10.4 Å². The first-order chi connectivity index (χ1) is 9.06. The fourth-order valence-electron chi connectivity index (χ4n) is 1.50. The van der Waals surface area contributed by atoms with Gasteiger partial charge in [-0.1, -0.05) is 0 Å². The molecule has 0 spiro atoms. The van der Waals surface area contributed by atoms with Crippen LogP contribution >= 0.6 is 0 Å². The molecular weight excluding hydrogens is 246 g/mol. The Morgan fingerprint density at radius 1 is 1.05 bits per heavy atom. The number of carbonyl (C=O) groups excluding carboxylic acids is 1. The SMILES string of the molecule is Nc1ccc(NC(=O)c2ccc([N+](=O)[O-])cc2)cc1. The molecule has 2 aromatic rings. The van der Waals surface area contributed by atoms with Crippen molar-refractivity contribution < 1.29 is 9.72 Å². The molecule has 6 nitrogen and oxygen atoms in total. The van der Waals surface area contributed by atoms with Gasteiger partial charge in [0.05, 0.1) is 4.92 Å². The number of nitrogens with zero attached hydrogens (tertiary/aromatic N) is 1. The lowest BCUT2D eigenvalue weighted by atomic mass is 10.2. The van der Waals surface area contributed by atoms with Crippen LogP contribution in [0.15, 0.2) is 48.5 Å². The Bertz CT molecular complexity index is 606. The zero-order chi connectivity index (χ0) is 13.8. The lowest BCUT2D eigenvalue weighted by Crippen LogP contribution is -2.11. The molecule has 0 heterocycles. The number of anilines is 2. The highest BCUT2D eigenvalue weighted by Gasteiger charge is 2.09. The van der Waals surface area contributed by atoms with Gasteiger partial charge in [0.2, 0.25) is 0 Å². The van der Waals surface area contributed by atoms with E-state index in [1.54, 1.807) is 24.3 Å². The van der Waals surface area contributed by atoms with Crippen molar-refractivity contribution in [2.24, 2.45) is 0 Å². The van der Waals surface area contributed by atoms with E-state index in [1.807, 2.05) is 0 Å². The second-order valence-electron chi connectivity index (χ2n) is 3.88. The maximum Gasteiger partial charge on any atom is 0.269 e. The molecule has 0 aliphatic heterocycles. The van der Waals surface area contributed by atoms with E-state index in [1.165, 1.54) is 24.3 Å². The number of hydrogen-bond donors (Lipinski definition) is 2. The molecular formula is C13H11N3O3. The number of nitrogens with two attached hydrogens (primary N) is 1. The van der Waals surface area contributed by atoms with Crippen molar-refractivity contribution in [3.8, 4) is 0 Å². The highest BCUT2D eigenvalue weighted by molar-refractivity contribution is 6.04. The van der Waals surface area contributed by atoms with Gasteiger partial charge in [0.1, 0.15) is 0 Å². The number of rotatable bonds is 3. The molecule has 0 radical (unpaired) electrons. The summed E-state index contributed by atoms with van der Waals surface area (Å²) in [5, 5.41) is 13.2. The topological polar surface area (TPSA) is 98.3 Å². The summed E-state index contributed by atoms with van der Waals surface area (Å²) in [6.07, 6.45) is 0. The number of hydrogen-bond acceptors (Lipinski definition) is 4. The summed E-state index contributed by atoms with van der Waals surface area (Å²) in [7, 11) is 0. The fraction of sp³-hybridized carbons (Fsp3) is 0. The molecule has 0 unspecified atom stereocenters. The Balaban J connectivity index is 2.11. The third kappa shape index (κ3) is 3.06. The van der Waals surface area contributed by atoms with Gasteiger partial charge < -0.3 is 11.1 Å². The minimum Gasteiger partial charge on any atom is -0.399 e. The number of nitro benzene ring substituents is 1. The van der Waals surface area contributed by atoms with Gasteiger partial charge in [0.15, 0.2) is 0 Å². The summed E-state index contributed by atoms with van der Waals surface area (Å²) in [4.78, 5) is 21.9. The van der Waals surface area contributed by atoms with Crippen molar-refractivity contribution in [2.45, 2.75) is 0 Å². The number of amides is 1. The van der Waals surface area contributed by atoms with E-state index in [-0.39, 0.29) is 11.6 Å². The molecule has 0 saturated carbocycles. The predicted molar refractivity (Wildman–Crippen MR) is 71.9 cm³/mol. The maximum atomic E-state index is 11.9. The molecule has 0 aromatic heterocycles. The van der Waals surface area contributed by atoms with E-state index >= 15 is 0 Å². The average molecular weight is 257 g/mol. The molecule has 3 N–H and O–H groups in total. The molecule has 0 aliphatic rings. The Labute approximate surface area is 109 Å². The maximum absolute atomic E-state index is 11.9. The average Bonchev–Trinajstić information content (AvgIpc) is 2.41. The number of non-ortho nitro benzene ring substituents is 1. The first-order valence-electron chi connectivity index (χ1n) is 5.47. The van der Waals surface area contributed by atoms with Crippen LogP contribution in [-0.2, 0) is 0 Å². The van der Waals surface area contributed by atoms with E-state index in [0.717, 1.165) is 0 Å². The highest BCUT2D eigenvalue weighted by atomic mass is 16.6. The van der Waals surface area contributed by atoms with Gasteiger partial charge in [-0.15, -0.1) is 0 Å². The Hall–Kier alpha value is -2.89. The number of benzene rings is 2. The fourth-order valence-corrected chi connectivity index (χ4v) is 1.50. The molecule has 96 valence electrons. The summed E-state index contributed by atoms with van der Waals surface area (Å²) in [6.45, 7) is 0. The molecule has 1 amide bonds. The van der Waals surface area contributed by atoms with Gasteiger partial charge in [-0.2, -0.15) is 0 Å². The monoisotopic (exact) mass is 257 g/mol. The summed E-state index contributed by atoms with van der Waals surface area (Å²) in [5.74, 6) is -0.334. The van der Waals surface area contributed by atoms with Gasteiger partial charge in [0, 0.05) is 29.1 Å². The molecule has 19 heavy (non-hydrogen) atoms. The number of carbonyl (C=O) groups is 1. The Morgan fingerprint density at radius 3 is 2.16 bits per heavy atom. The second kappa shape index (κ2) is 5.18. The van der Waals surface area contributed by atoms with Crippen molar-refractivity contribution in [3.05, 3.63) is 64.2 Å². The Morgan fingerprint density at radius 2 is 1.63 bits per heavy atom. The van der Waals surface area contributed by atoms with Crippen LogP contribution in [0, 0.1) is 10.1 Å². The summed E-state index contributed by atoms with van der Waals surface area (Å²) < 4.78 is 0. The first-order valence-corrected chi connectivity index (χ1v) is 5.47. The van der Waals surface area contributed by atoms with Crippen LogP contribution in [0.4, 0.5) is 17.1 Å². The first kappa shape index (κ1) is 12.6. The number of nitro groups is 1. The van der Waals surface area contributed by atoms with Crippen LogP contribution in [0.3, 0.4) is 0 Å². The summed E-state index contributed by atoms with van der Waals surface area (Å²) >= 11 is 0. The third-order valence-electron chi connectivity index (χ3n) is 2.51. The molecule has 2 rings (SSSR count). The molecule has 6 heteroatoms. The molecule has 0 atom stereocenters. The van der Waals surface area contributed by atoms with E-state index in [9.17, 15) is 14.9 Å². The summed E-state index contributed by atoms with van der Waals surface area (Å²) in [5.41, 5.74) is 7.05. The third-order valence-corrected chi connectivity index (χ3v) is 2.51. The number of nitrogen functional groups attached to an aromatic ring is 1. The van der Waals surface area contributed by atoms with E-state index < -0.39 is 4.92 Å². The predicted octanol–water partition coefficient (Wildman–Crippen LogP) is 2.43. The van der Waals surface area contributed by atoms with Gasteiger partial charge in [0.25, 0.3) is 11.6 Å². The smallest absolute Gasteiger partial charge is 0.269 e. The van der Waals surface area contributed by atoms with Crippen molar-refractivity contribution in [2.75, 3.05) is 11.1 Å². The van der Waals surface area contributed by atoms with Crippen LogP contribution in [0.5, 0.6) is 0 Å². The zero-order valence-electron chi connectivity index (χ0n) is 9.87. The minimum atomic E-state index is -0.512. The zero-order valence-corrected chi connectivity index (χ0v) is 9.87. The molecule has 0 bridgehead atoms. The van der Waals surface area contributed by atoms with E-state index in [4.69, 9.17) is 5.73 Å². The summed E-state index contributed by atoms with van der Waals surface area (Å²) in [6, 6.07) is 12.1. The van der Waals surface area contributed by atoms with Crippen molar-refractivity contribution in [1.82, 2.24) is 0 Å². The molecule has 2 aromatic carbocycles. The quantitative estimate of drug-likeness (QED) is 0.501. The lowest BCUT2D eigenvalue weighted by molar-refractivity contribution is -0.384. The Kier molecular flexibility index (Phi) is 3.42. The van der Waals surface area contributed by atoms with Crippen LogP contribution in [0.25, 0.3) is 0 Å². The van der Waals surface area contributed by atoms with Crippen molar-refractivity contribution >= 4 is 23.0 Å². The molecule has 0 saturated heterocycles. The second-order valence-corrected chi connectivity index (χ2v) is 3.88. The van der Waals surface area contributed by atoms with Crippen LogP contribution in [0.2, 0.25) is 0 Å². The van der Waals surface area contributed by atoms with Crippen molar-refractivity contribution in [3.63, 3.8) is 0 Å². The van der Waals surface area contributed by atoms with Crippen LogP contribution in [-0.4, -0.2) is 10.8 Å². The largest absolute Gasteiger partial charge is 0.399 e. The lowest BCUT2D eigenvalue weighted by Gasteiger charge is -2.05. The van der Waals surface area contributed by atoms with Gasteiger partial charge in [-0.05, 0) is 36.4 Å². The van der Waals surface area contributed by atoms with E-state index in [0.29, 0.717) is 16.9 Å². The van der Waals surface area contributed by atoms with Crippen molar-refractivity contribution in [1.29, 1.82) is 0 Å². The molecule has 0 fully saturated rings. The van der Waals surface area contributed by atoms with Gasteiger partial charge in [-0.25, -0.2) is 0 Å². The van der Waals surface area contributed by atoms with Crippen LogP contribution < -0.4 is 11.1 Å². The van der Waals surface area contributed by atoms with Gasteiger partial charge in [-0.3, -0.25) is 14.9 Å². The standard InChI is InChI=1S/C13H11N3O3/c14-10-3-5-11(6-4-10)15-13(17)9-1-7-12(8-2-9)16(18)19/h1-8H,14H2,(H,15,17). The minimum absolute atomic E-state index is 0.0518. The van der Waals surface area contributed by atoms with E-state index in [2.05, 4.69) is 5.32 Å². The highest BCUT2D eigenvalue weighted by Crippen LogP contribution is 2.15.